The first kappa shape index (κ1) is 25.3. The molecule has 11 heteroatoms. The topological polar surface area (TPSA) is 98.0 Å². The van der Waals surface area contributed by atoms with E-state index in [9.17, 15) is 27.6 Å². The molecule has 1 aromatic heterocycles. The highest BCUT2D eigenvalue weighted by molar-refractivity contribution is 5.76. The van der Waals surface area contributed by atoms with Gasteiger partial charge in [-0.25, -0.2) is 27.3 Å². The Morgan fingerprint density at radius 3 is 2.44 bits per heavy atom. The van der Waals surface area contributed by atoms with Crippen LogP contribution in [0.1, 0.15) is 51.0 Å². The van der Waals surface area contributed by atoms with Crippen molar-refractivity contribution < 1.29 is 18.0 Å². The van der Waals surface area contributed by atoms with E-state index >= 15 is 0 Å². The monoisotopic (exact) mass is 479 g/mol. The molecule has 3 rings (SSSR count). The summed E-state index contributed by atoms with van der Waals surface area (Å²) in [7, 11) is 0. The molecule has 0 spiro atoms. The van der Waals surface area contributed by atoms with Gasteiger partial charge in [0.2, 0.25) is 11.9 Å². The van der Waals surface area contributed by atoms with Gasteiger partial charge in [-0.1, -0.05) is 25.3 Å². The Kier molecular flexibility index (Phi) is 8.67. The van der Waals surface area contributed by atoms with Crippen molar-refractivity contribution in [1.29, 1.82) is 0 Å². The molecule has 0 saturated heterocycles. The van der Waals surface area contributed by atoms with E-state index in [-0.39, 0.29) is 31.0 Å². The molecule has 184 valence electrons. The lowest BCUT2D eigenvalue weighted by Gasteiger charge is -2.23. The summed E-state index contributed by atoms with van der Waals surface area (Å²) in [5.41, 5.74) is -1.66. The van der Waals surface area contributed by atoms with Gasteiger partial charge in [-0.15, -0.1) is 0 Å². The Bertz CT molecular complexity index is 1150. The number of amides is 1. The van der Waals surface area contributed by atoms with Gasteiger partial charge in [-0.3, -0.25) is 9.36 Å². The van der Waals surface area contributed by atoms with Gasteiger partial charge in [0.15, 0.2) is 17.5 Å². The van der Waals surface area contributed by atoms with Crippen molar-refractivity contribution in [2.75, 3.05) is 11.9 Å². The lowest BCUT2D eigenvalue weighted by Crippen LogP contribution is -2.44. The first-order valence-corrected chi connectivity index (χ1v) is 11.3. The largest absolute Gasteiger partial charge is 0.355 e. The number of hydrogen-bond acceptors (Lipinski definition) is 5. The summed E-state index contributed by atoms with van der Waals surface area (Å²) in [5.74, 6) is -4.48. The number of aromatic nitrogens is 3. The smallest absolute Gasteiger partial charge is 0.354 e. The van der Waals surface area contributed by atoms with Crippen LogP contribution >= 0.6 is 0 Å². The van der Waals surface area contributed by atoms with Crippen LogP contribution < -0.4 is 22.0 Å². The van der Waals surface area contributed by atoms with Crippen LogP contribution in [-0.4, -0.2) is 26.6 Å². The van der Waals surface area contributed by atoms with Crippen LogP contribution in [-0.2, 0) is 17.9 Å². The third-order valence-corrected chi connectivity index (χ3v) is 5.78. The van der Waals surface area contributed by atoms with Crippen LogP contribution in [0.2, 0.25) is 0 Å². The van der Waals surface area contributed by atoms with E-state index < -0.39 is 34.7 Å². The predicted molar refractivity (Wildman–Crippen MR) is 121 cm³/mol. The molecule has 1 aromatic carbocycles. The SMILES string of the molecule is C/C=C\NC(=O)CCn1c(=O)nc(NCC2CCCCC2)n(Cc2cc(F)c(F)c(F)c2)c1=O. The molecule has 2 N–H and O–H groups in total. The number of benzene rings is 1. The minimum absolute atomic E-state index is 0.0166. The average molecular weight is 480 g/mol. The Labute approximate surface area is 194 Å². The summed E-state index contributed by atoms with van der Waals surface area (Å²) in [5, 5.41) is 5.52. The number of halogens is 3. The Morgan fingerprint density at radius 2 is 1.79 bits per heavy atom. The Morgan fingerprint density at radius 1 is 1.12 bits per heavy atom. The zero-order valence-electron chi connectivity index (χ0n) is 19.0. The molecule has 1 saturated carbocycles. The minimum atomic E-state index is -1.61. The number of allylic oxidation sites excluding steroid dienone is 1. The second-order valence-corrected chi connectivity index (χ2v) is 8.31. The lowest BCUT2D eigenvalue weighted by molar-refractivity contribution is -0.120. The van der Waals surface area contributed by atoms with Crippen molar-refractivity contribution in [1.82, 2.24) is 19.4 Å². The number of nitrogens with zero attached hydrogens (tertiary/aromatic N) is 3. The molecule has 0 atom stereocenters. The molecule has 34 heavy (non-hydrogen) atoms. The van der Waals surface area contributed by atoms with Crippen molar-refractivity contribution in [3.63, 3.8) is 0 Å². The van der Waals surface area contributed by atoms with Crippen molar-refractivity contribution in [2.24, 2.45) is 5.92 Å². The third kappa shape index (κ3) is 6.36. The van der Waals surface area contributed by atoms with E-state index in [1.54, 1.807) is 13.0 Å². The highest BCUT2D eigenvalue weighted by Crippen LogP contribution is 2.23. The minimum Gasteiger partial charge on any atom is -0.355 e. The molecule has 1 amide bonds. The van der Waals surface area contributed by atoms with E-state index in [2.05, 4.69) is 15.6 Å². The zero-order valence-corrected chi connectivity index (χ0v) is 19.0. The second kappa shape index (κ2) is 11.7. The van der Waals surface area contributed by atoms with Crippen molar-refractivity contribution in [3.05, 3.63) is 68.4 Å². The van der Waals surface area contributed by atoms with Crippen LogP contribution in [0.4, 0.5) is 19.1 Å². The number of carbonyl (C=O) groups is 1. The van der Waals surface area contributed by atoms with Crippen LogP contribution in [0.3, 0.4) is 0 Å². The van der Waals surface area contributed by atoms with E-state index in [4.69, 9.17) is 0 Å². The summed E-state index contributed by atoms with van der Waals surface area (Å²) >= 11 is 0. The van der Waals surface area contributed by atoms with Gasteiger partial charge in [0.05, 0.1) is 6.54 Å². The maximum Gasteiger partial charge on any atom is 0.354 e. The normalized spacial score (nSPS) is 14.5. The van der Waals surface area contributed by atoms with Crippen LogP contribution in [0.15, 0.2) is 34.0 Å². The number of anilines is 1. The van der Waals surface area contributed by atoms with Gasteiger partial charge in [0, 0.05) is 19.5 Å². The molecule has 0 radical (unpaired) electrons. The first-order valence-electron chi connectivity index (χ1n) is 11.3. The fraction of sp³-hybridized carbons (Fsp3) is 0.478. The van der Waals surface area contributed by atoms with Gasteiger partial charge in [0.25, 0.3) is 0 Å². The Balaban J connectivity index is 1.92. The van der Waals surface area contributed by atoms with Crippen molar-refractivity contribution in [3.8, 4) is 0 Å². The summed E-state index contributed by atoms with van der Waals surface area (Å²) < 4.78 is 42.7. The molecule has 0 aliphatic heterocycles. The zero-order chi connectivity index (χ0) is 24.7. The van der Waals surface area contributed by atoms with E-state index in [1.807, 2.05) is 0 Å². The van der Waals surface area contributed by atoms with E-state index in [0.717, 1.165) is 47.0 Å². The quantitative estimate of drug-likeness (QED) is 0.539. The molecule has 0 bridgehead atoms. The summed E-state index contributed by atoms with van der Waals surface area (Å²) in [4.78, 5) is 41.6. The second-order valence-electron chi connectivity index (χ2n) is 8.31. The van der Waals surface area contributed by atoms with Crippen LogP contribution in [0.5, 0.6) is 0 Å². The molecule has 1 heterocycles. The standard InChI is InChI=1S/C23H28F3N5O3/c1-2-9-27-19(32)8-10-30-22(33)29-21(28-13-15-6-4-3-5-7-15)31(23(30)34)14-16-11-17(24)20(26)18(25)12-16/h2,9,11-12,15H,3-8,10,13-14H2,1H3,(H,27,32)(H,28,29,33)/b9-2-. The van der Waals surface area contributed by atoms with Gasteiger partial charge < -0.3 is 10.6 Å². The number of nitrogens with one attached hydrogen (secondary N) is 2. The number of hydrogen-bond donors (Lipinski definition) is 2. The average Bonchev–Trinajstić information content (AvgIpc) is 2.82. The summed E-state index contributed by atoms with van der Waals surface area (Å²) in [6.45, 7) is 1.61. The van der Waals surface area contributed by atoms with Crippen LogP contribution in [0, 0.1) is 23.4 Å². The molecule has 8 nitrogen and oxygen atoms in total. The van der Waals surface area contributed by atoms with E-state index in [0.29, 0.717) is 12.5 Å². The van der Waals surface area contributed by atoms with Gasteiger partial charge in [-0.2, -0.15) is 4.98 Å². The number of rotatable bonds is 9. The molecular weight excluding hydrogens is 451 g/mol. The van der Waals surface area contributed by atoms with Gasteiger partial charge in [-0.05, 0) is 49.6 Å². The maximum absolute atomic E-state index is 13.8. The number of carbonyl (C=O) groups excluding carboxylic acids is 1. The first-order chi connectivity index (χ1) is 16.3. The predicted octanol–water partition coefficient (Wildman–Crippen LogP) is 2.90. The highest BCUT2D eigenvalue weighted by atomic mass is 19.2. The fourth-order valence-corrected chi connectivity index (χ4v) is 3.97. The molecule has 1 fully saturated rings. The maximum atomic E-state index is 13.8. The third-order valence-electron chi connectivity index (χ3n) is 5.78. The van der Waals surface area contributed by atoms with Gasteiger partial charge in [0.1, 0.15) is 0 Å². The molecule has 1 aliphatic rings. The summed E-state index contributed by atoms with van der Waals surface area (Å²) in [6.07, 6.45) is 8.25. The summed E-state index contributed by atoms with van der Waals surface area (Å²) in [6, 6.07) is 1.57. The van der Waals surface area contributed by atoms with Crippen molar-refractivity contribution >= 4 is 11.9 Å². The van der Waals surface area contributed by atoms with Crippen LogP contribution in [0.25, 0.3) is 0 Å². The van der Waals surface area contributed by atoms with Gasteiger partial charge >= 0.3 is 11.4 Å². The Hall–Kier alpha value is -3.37. The highest BCUT2D eigenvalue weighted by Gasteiger charge is 2.19. The van der Waals surface area contributed by atoms with Crippen molar-refractivity contribution in [2.45, 2.75) is 58.5 Å². The lowest BCUT2D eigenvalue weighted by atomic mass is 9.89. The van der Waals surface area contributed by atoms with E-state index in [1.165, 1.54) is 12.6 Å². The fourth-order valence-electron chi connectivity index (χ4n) is 3.97. The molecule has 0 unspecified atom stereocenters. The molecule has 1 aliphatic carbocycles. The molecule has 2 aromatic rings. The molecular formula is C23H28F3N5O3.